The molecule has 2 aromatic carbocycles. The van der Waals surface area contributed by atoms with E-state index < -0.39 is 0 Å². The molecule has 106 valence electrons. The van der Waals surface area contributed by atoms with Gasteiger partial charge in [0, 0.05) is 17.8 Å². The maximum atomic E-state index is 4.49. The van der Waals surface area contributed by atoms with Gasteiger partial charge in [0.15, 0.2) is 0 Å². The minimum atomic E-state index is 0.307. The third-order valence-electron chi connectivity index (χ3n) is 3.77. The standard InChI is InChI=1S/C18H19N3/c1-14(19-2)17-10-6-7-11-18(17)15-12-20-21(13-15)16-8-4-3-5-9-16/h3-14,19H,1-2H3. The van der Waals surface area contributed by atoms with E-state index in [4.69, 9.17) is 0 Å². The van der Waals surface area contributed by atoms with Crippen molar-refractivity contribution in [3.05, 3.63) is 72.6 Å². The minimum absolute atomic E-state index is 0.307. The van der Waals surface area contributed by atoms with Crippen molar-refractivity contribution in [2.75, 3.05) is 7.05 Å². The second kappa shape index (κ2) is 5.94. The molecule has 1 aromatic heterocycles. The summed E-state index contributed by atoms with van der Waals surface area (Å²) in [5.74, 6) is 0. The van der Waals surface area contributed by atoms with E-state index in [1.54, 1.807) is 0 Å². The largest absolute Gasteiger partial charge is 0.313 e. The Hall–Kier alpha value is -2.39. The smallest absolute Gasteiger partial charge is 0.0645 e. The van der Waals surface area contributed by atoms with Gasteiger partial charge in [-0.3, -0.25) is 0 Å². The van der Waals surface area contributed by atoms with E-state index in [2.05, 4.69) is 59.9 Å². The minimum Gasteiger partial charge on any atom is -0.313 e. The lowest BCUT2D eigenvalue weighted by atomic mass is 9.98. The third-order valence-corrected chi connectivity index (χ3v) is 3.77. The van der Waals surface area contributed by atoms with Crippen LogP contribution in [-0.2, 0) is 0 Å². The van der Waals surface area contributed by atoms with Crippen molar-refractivity contribution in [3.63, 3.8) is 0 Å². The zero-order valence-electron chi connectivity index (χ0n) is 12.3. The molecule has 0 bridgehead atoms. The van der Waals surface area contributed by atoms with Crippen molar-refractivity contribution in [2.45, 2.75) is 13.0 Å². The molecule has 3 nitrogen and oxygen atoms in total. The van der Waals surface area contributed by atoms with Gasteiger partial charge in [-0.2, -0.15) is 5.10 Å². The van der Waals surface area contributed by atoms with Gasteiger partial charge in [-0.15, -0.1) is 0 Å². The highest BCUT2D eigenvalue weighted by Gasteiger charge is 2.11. The molecule has 0 radical (unpaired) electrons. The molecular weight excluding hydrogens is 258 g/mol. The van der Waals surface area contributed by atoms with Crippen molar-refractivity contribution in [3.8, 4) is 16.8 Å². The summed E-state index contributed by atoms with van der Waals surface area (Å²) in [6, 6.07) is 18.9. The van der Waals surface area contributed by atoms with Crippen molar-refractivity contribution < 1.29 is 0 Å². The molecule has 3 aromatic rings. The molecule has 0 aliphatic heterocycles. The monoisotopic (exact) mass is 277 g/mol. The zero-order valence-corrected chi connectivity index (χ0v) is 12.3. The highest BCUT2D eigenvalue weighted by atomic mass is 15.3. The number of hydrogen-bond acceptors (Lipinski definition) is 2. The SMILES string of the molecule is CNC(C)c1ccccc1-c1cnn(-c2ccccc2)c1. The summed E-state index contributed by atoms with van der Waals surface area (Å²) in [4.78, 5) is 0. The topological polar surface area (TPSA) is 29.9 Å². The summed E-state index contributed by atoms with van der Waals surface area (Å²) < 4.78 is 1.91. The maximum absolute atomic E-state index is 4.49. The molecule has 3 rings (SSSR count). The Morgan fingerprint density at radius 3 is 2.48 bits per heavy atom. The van der Waals surface area contributed by atoms with Gasteiger partial charge in [-0.25, -0.2) is 4.68 Å². The van der Waals surface area contributed by atoms with Crippen LogP contribution in [0.15, 0.2) is 67.0 Å². The van der Waals surface area contributed by atoms with Crippen molar-refractivity contribution in [2.24, 2.45) is 0 Å². The van der Waals surface area contributed by atoms with E-state index >= 15 is 0 Å². The Balaban J connectivity index is 2.01. The number of rotatable bonds is 4. The summed E-state index contributed by atoms with van der Waals surface area (Å²) in [7, 11) is 1.98. The second-order valence-corrected chi connectivity index (χ2v) is 5.11. The first kappa shape index (κ1) is 13.6. The van der Waals surface area contributed by atoms with Crippen LogP contribution < -0.4 is 5.32 Å². The molecule has 0 saturated carbocycles. The van der Waals surface area contributed by atoms with Crippen LogP contribution in [0.5, 0.6) is 0 Å². The lowest BCUT2D eigenvalue weighted by Crippen LogP contribution is -2.13. The number of hydrogen-bond donors (Lipinski definition) is 1. The van der Waals surface area contributed by atoms with Crippen LogP contribution in [0.25, 0.3) is 16.8 Å². The Morgan fingerprint density at radius 2 is 1.71 bits per heavy atom. The number of aromatic nitrogens is 2. The van der Waals surface area contributed by atoms with Gasteiger partial charge >= 0.3 is 0 Å². The molecule has 0 saturated heterocycles. The summed E-state index contributed by atoms with van der Waals surface area (Å²) >= 11 is 0. The van der Waals surface area contributed by atoms with Crippen LogP contribution >= 0.6 is 0 Å². The summed E-state index contributed by atoms with van der Waals surface area (Å²) in [5.41, 5.74) is 4.72. The van der Waals surface area contributed by atoms with Gasteiger partial charge in [0.1, 0.15) is 0 Å². The zero-order chi connectivity index (χ0) is 14.7. The molecule has 21 heavy (non-hydrogen) atoms. The van der Waals surface area contributed by atoms with Gasteiger partial charge in [-0.1, -0.05) is 42.5 Å². The van der Waals surface area contributed by atoms with E-state index in [9.17, 15) is 0 Å². The van der Waals surface area contributed by atoms with E-state index in [1.165, 1.54) is 11.1 Å². The average Bonchev–Trinajstić information content (AvgIpc) is 3.05. The second-order valence-electron chi connectivity index (χ2n) is 5.11. The Kier molecular flexibility index (Phi) is 3.84. The fourth-order valence-corrected chi connectivity index (χ4v) is 2.48. The molecule has 1 N–H and O–H groups in total. The Labute approximate surface area is 125 Å². The first-order chi connectivity index (χ1) is 10.3. The molecule has 0 fully saturated rings. The molecular formula is C18H19N3. The van der Waals surface area contributed by atoms with Crippen molar-refractivity contribution in [1.82, 2.24) is 15.1 Å². The Morgan fingerprint density at radius 1 is 1.00 bits per heavy atom. The predicted molar refractivity (Wildman–Crippen MR) is 86.5 cm³/mol. The normalized spacial score (nSPS) is 12.3. The van der Waals surface area contributed by atoms with Gasteiger partial charge in [-0.05, 0) is 37.2 Å². The molecule has 0 amide bonds. The number of benzene rings is 2. The predicted octanol–water partition coefficient (Wildman–Crippen LogP) is 3.82. The van der Waals surface area contributed by atoms with Crippen LogP contribution in [0, 0.1) is 0 Å². The highest BCUT2D eigenvalue weighted by molar-refractivity contribution is 5.67. The van der Waals surface area contributed by atoms with Crippen LogP contribution in [-0.4, -0.2) is 16.8 Å². The van der Waals surface area contributed by atoms with Crippen molar-refractivity contribution in [1.29, 1.82) is 0 Å². The Bertz CT molecular complexity index is 716. The van der Waals surface area contributed by atoms with Crippen LogP contribution in [0.3, 0.4) is 0 Å². The molecule has 0 aliphatic carbocycles. The molecule has 3 heteroatoms. The molecule has 0 aliphatic rings. The lowest BCUT2D eigenvalue weighted by molar-refractivity contribution is 0.654. The quantitative estimate of drug-likeness (QED) is 0.785. The number of nitrogens with one attached hydrogen (secondary N) is 1. The third kappa shape index (κ3) is 2.73. The first-order valence-corrected chi connectivity index (χ1v) is 7.16. The lowest BCUT2D eigenvalue weighted by Gasteiger charge is -2.14. The summed E-state index contributed by atoms with van der Waals surface area (Å²) in [6.45, 7) is 2.17. The van der Waals surface area contributed by atoms with Crippen LogP contribution in [0.2, 0.25) is 0 Å². The molecule has 1 unspecified atom stereocenters. The van der Waals surface area contributed by atoms with E-state index in [1.807, 2.05) is 36.1 Å². The van der Waals surface area contributed by atoms with Crippen LogP contribution in [0.1, 0.15) is 18.5 Å². The van der Waals surface area contributed by atoms with Gasteiger partial charge in [0.25, 0.3) is 0 Å². The fourth-order valence-electron chi connectivity index (χ4n) is 2.48. The van der Waals surface area contributed by atoms with E-state index in [0.717, 1.165) is 11.3 Å². The van der Waals surface area contributed by atoms with Gasteiger partial charge < -0.3 is 5.32 Å². The highest BCUT2D eigenvalue weighted by Crippen LogP contribution is 2.28. The number of para-hydroxylation sites is 1. The first-order valence-electron chi connectivity index (χ1n) is 7.16. The number of nitrogens with zero attached hydrogens (tertiary/aromatic N) is 2. The van der Waals surface area contributed by atoms with Crippen molar-refractivity contribution >= 4 is 0 Å². The van der Waals surface area contributed by atoms with Crippen LogP contribution in [0.4, 0.5) is 0 Å². The summed E-state index contributed by atoms with van der Waals surface area (Å²) in [5, 5.41) is 7.79. The molecule has 1 atom stereocenters. The van der Waals surface area contributed by atoms with Gasteiger partial charge in [0.05, 0.1) is 11.9 Å². The molecule has 1 heterocycles. The average molecular weight is 277 g/mol. The summed E-state index contributed by atoms with van der Waals surface area (Å²) in [6.07, 6.45) is 4.00. The molecule has 0 spiro atoms. The van der Waals surface area contributed by atoms with E-state index in [0.29, 0.717) is 6.04 Å². The van der Waals surface area contributed by atoms with Gasteiger partial charge in [0.2, 0.25) is 0 Å². The fraction of sp³-hybridized carbons (Fsp3) is 0.167. The van der Waals surface area contributed by atoms with E-state index in [-0.39, 0.29) is 0 Å². The maximum Gasteiger partial charge on any atom is 0.0645 e.